The second kappa shape index (κ2) is 14.9. The standard InChI is InChI=1S/C39H38N6O9S/c1-44-28-14-13-26(43-55(52,53)31-11-4-3-10-30(31)54-2)24-20-22(21-25(34(24)28)37(44)49)12-16-32(46)41-19-6-5-18-40-27-9-7-8-23-35(27)39(51)45(38(23)50)29-15-17-33(47)42-36(29)48/h3-4,7-11,13-14,20-21,29,40,43H,5-6,12,15-19H2,1-2H3,(H,41,46)(H,42,47,48). The topological polar surface area (TPSA) is 200 Å². The van der Waals surface area contributed by atoms with Gasteiger partial charge in [-0.1, -0.05) is 18.2 Å². The fraction of sp³-hybridized carbons (Fsp3) is 0.282. The zero-order valence-electron chi connectivity index (χ0n) is 30.1. The van der Waals surface area contributed by atoms with E-state index in [2.05, 4.69) is 20.7 Å². The number of carbonyl (C=O) groups excluding carboxylic acids is 6. The van der Waals surface area contributed by atoms with Crippen LogP contribution < -0.4 is 30.3 Å². The van der Waals surface area contributed by atoms with Gasteiger partial charge in [0.25, 0.3) is 27.7 Å². The molecule has 0 aliphatic carbocycles. The normalized spacial score (nSPS) is 16.4. The van der Waals surface area contributed by atoms with Crippen molar-refractivity contribution in [3.8, 4) is 5.75 Å². The van der Waals surface area contributed by atoms with Crippen molar-refractivity contribution in [2.24, 2.45) is 0 Å². The molecule has 4 N–H and O–H groups in total. The molecule has 3 aliphatic heterocycles. The molecule has 0 spiro atoms. The van der Waals surface area contributed by atoms with Gasteiger partial charge in [0.1, 0.15) is 16.7 Å². The third-order valence-corrected chi connectivity index (χ3v) is 11.4. The monoisotopic (exact) mass is 766 g/mol. The summed E-state index contributed by atoms with van der Waals surface area (Å²) in [5.41, 5.74) is 2.89. The molecular formula is C39H38N6O9S. The lowest BCUT2D eigenvalue weighted by molar-refractivity contribution is -0.136. The third-order valence-electron chi connectivity index (χ3n) is 10.0. The Morgan fingerprint density at radius 2 is 1.67 bits per heavy atom. The number of para-hydroxylation sites is 1. The SMILES string of the molecule is COc1ccccc1S(=O)(=O)Nc1ccc2c3c(cc(CCC(=O)NCCCCNc4cccc5c4C(=O)N(C4CCC(=O)NC4=O)C5=O)cc13)C(=O)N2C. The highest BCUT2D eigenvalue weighted by atomic mass is 32.2. The van der Waals surface area contributed by atoms with E-state index in [1.807, 2.05) is 0 Å². The highest BCUT2D eigenvalue weighted by Crippen LogP contribution is 2.42. The van der Waals surface area contributed by atoms with Crippen molar-refractivity contribution in [1.82, 2.24) is 15.5 Å². The molecule has 0 radical (unpaired) electrons. The van der Waals surface area contributed by atoms with Crippen LogP contribution in [0, 0.1) is 0 Å². The van der Waals surface area contributed by atoms with Crippen LogP contribution in [0.15, 0.2) is 71.6 Å². The summed E-state index contributed by atoms with van der Waals surface area (Å²) >= 11 is 0. The van der Waals surface area contributed by atoms with Crippen LogP contribution in [0.1, 0.15) is 68.7 Å². The number of unbranched alkanes of at least 4 members (excludes halogenated alkanes) is 1. The van der Waals surface area contributed by atoms with Gasteiger partial charge in [-0.05, 0) is 79.8 Å². The first kappa shape index (κ1) is 37.0. The molecule has 0 aromatic heterocycles. The minimum atomic E-state index is -4.06. The fourth-order valence-corrected chi connectivity index (χ4v) is 8.50. The van der Waals surface area contributed by atoms with E-state index < -0.39 is 39.7 Å². The highest BCUT2D eigenvalue weighted by Gasteiger charge is 2.45. The first-order valence-electron chi connectivity index (χ1n) is 17.8. The smallest absolute Gasteiger partial charge is 0.265 e. The van der Waals surface area contributed by atoms with Crippen LogP contribution in [-0.4, -0.2) is 82.0 Å². The Balaban J connectivity index is 0.943. The fourth-order valence-electron chi connectivity index (χ4n) is 7.25. The zero-order valence-corrected chi connectivity index (χ0v) is 30.9. The first-order valence-corrected chi connectivity index (χ1v) is 19.3. The molecule has 1 saturated heterocycles. The molecule has 0 bridgehead atoms. The largest absolute Gasteiger partial charge is 0.495 e. The van der Waals surface area contributed by atoms with E-state index in [-0.39, 0.29) is 58.5 Å². The predicted molar refractivity (Wildman–Crippen MR) is 203 cm³/mol. The number of sulfonamides is 1. The Morgan fingerprint density at radius 1 is 0.891 bits per heavy atom. The van der Waals surface area contributed by atoms with Crippen molar-refractivity contribution in [3.05, 3.63) is 89.0 Å². The van der Waals surface area contributed by atoms with Gasteiger partial charge in [-0.25, -0.2) is 8.42 Å². The molecule has 4 aromatic carbocycles. The van der Waals surface area contributed by atoms with Crippen LogP contribution in [0.2, 0.25) is 0 Å². The maximum atomic E-state index is 13.5. The molecule has 1 atom stereocenters. The van der Waals surface area contributed by atoms with Crippen LogP contribution in [0.4, 0.5) is 17.1 Å². The number of benzene rings is 4. The van der Waals surface area contributed by atoms with Crippen molar-refractivity contribution in [2.45, 2.75) is 49.5 Å². The Kier molecular flexibility index (Phi) is 10.0. The highest BCUT2D eigenvalue weighted by molar-refractivity contribution is 7.92. The number of hydrogen-bond acceptors (Lipinski definition) is 10. The molecule has 0 saturated carbocycles. The number of amides is 6. The zero-order chi connectivity index (χ0) is 39.0. The number of nitrogens with zero attached hydrogens (tertiary/aromatic N) is 2. The van der Waals surface area contributed by atoms with Crippen LogP contribution in [0.5, 0.6) is 5.75 Å². The predicted octanol–water partition coefficient (Wildman–Crippen LogP) is 3.58. The number of methoxy groups -OCH3 is 1. The summed E-state index contributed by atoms with van der Waals surface area (Å²) in [4.78, 5) is 78.9. The molecule has 55 heavy (non-hydrogen) atoms. The van der Waals surface area contributed by atoms with Crippen molar-refractivity contribution in [1.29, 1.82) is 0 Å². The molecule has 1 unspecified atom stereocenters. The maximum absolute atomic E-state index is 13.5. The Morgan fingerprint density at radius 3 is 2.45 bits per heavy atom. The van der Waals surface area contributed by atoms with Crippen LogP contribution in [0.3, 0.4) is 0 Å². The van der Waals surface area contributed by atoms with Crippen LogP contribution in [0.25, 0.3) is 10.8 Å². The molecule has 284 valence electrons. The van der Waals surface area contributed by atoms with Crippen molar-refractivity contribution >= 4 is 73.3 Å². The van der Waals surface area contributed by atoms with Gasteiger partial charge in [-0.2, -0.15) is 0 Å². The van der Waals surface area contributed by atoms with Crippen molar-refractivity contribution in [2.75, 3.05) is 42.2 Å². The number of hydrogen-bond donors (Lipinski definition) is 4. The summed E-state index contributed by atoms with van der Waals surface area (Å²) in [6.45, 7) is 0.832. The summed E-state index contributed by atoms with van der Waals surface area (Å²) in [5, 5.41) is 9.45. The van der Waals surface area contributed by atoms with E-state index in [1.165, 1.54) is 24.1 Å². The summed E-state index contributed by atoms with van der Waals surface area (Å²) in [6.07, 6.45) is 1.78. The van der Waals surface area contributed by atoms with Crippen LogP contribution in [-0.2, 0) is 30.8 Å². The molecular weight excluding hydrogens is 729 g/mol. The minimum absolute atomic E-state index is 0.0323. The van der Waals surface area contributed by atoms with E-state index in [0.717, 1.165) is 4.90 Å². The summed E-state index contributed by atoms with van der Waals surface area (Å²) in [7, 11) is -1.02. The van der Waals surface area contributed by atoms with Gasteiger partial charge < -0.3 is 20.3 Å². The average Bonchev–Trinajstić information content (AvgIpc) is 3.57. The van der Waals surface area contributed by atoms with Gasteiger partial charge >= 0.3 is 0 Å². The van der Waals surface area contributed by atoms with Gasteiger partial charge in [-0.15, -0.1) is 0 Å². The Labute approximate surface area is 316 Å². The lowest BCUT2D eigenvalue weighted by Crippen LogP contribution is -2.54. The lowest BCUT2D eigenvalue weighted by atomic mass is 9.98. The second-order valence-electron chi connectivity index (χ2n) is 13.5. The molecule has 4 aromatic rings. The minimum Gasteiger partial charge on any atom is -0.495 e. The molecule has 3 heterocycles. The summed E-state index contributed by atoms with van der Waals surface area (Å²) in [5.74, 6) is -2.52. The van der Waals surface area contributed by atoms with E-state index in [1.54, 1.807) is 61.6 Å². The van der Waals surface area contributed by atoms with E-state index in [4.69, 9.17) is 4.74 Å². The van der Waals surface area contributed by atoms with Gasteiger partial charge in [0.2, 0.25) is 17.7 Å². The number of anilines is 3. The number of imide groups is 2. The second-order valence-corrected chi connectivity index (χ2v) is 15.1. The van der Waals surface area contributed by atoms with Crippen LogP contribution >= 0.6 is 0 Å². The third kappa shape index (κ3) is 6.96. The first-order chi connectivity index (χ1) is 26.4. The molecule has 7 rings (SSSR count). The molecule has 16 heteroatoms. The Hall–Kier alpha value is -6.29. The van der Waals surface area contributed by atoms with Crippen molar-refractivity contribution in [3.63, 3.8) is 0 Å². The molecule has 1 fully saturated rings. The van der Waals surface area contributed by atoms with E-state index >= 15 is 0 Å². The van der Waals surface area contributed by atoms with E-state index in [0.29, 0.717) is 65.6 Å². The maximum Gasteiger partial charge on any atom is 0.265 e. The molecule has 15 nitrogen and oxygen atoms in total. The van der Waals surface area contributed by atoms with Gasteiger partial charge in [0.15, 0.2) is 0 Å². The summed E-state index contributed by atoms with van der Waals surface area (Å²) < 4.78 is 34.8. The van der Waals surface area contributed by atoms with Gasteiger partial charge in [0.05, 0.1) is 35.2 Å². The number of nitrogens with one attached hydrogen (secondary N) is 4. The number of ether oxygens (including phenoxy) is 1. The quantitative estimate of drug-likeness (QED) is 0.109. The average molecular weight is 767 g/mol. The number of fused-ring (bicyclic) bond motifs is 1. The summed E-state index contributed by atoms with van der Waals surface area (Å²) in [6, 6.07) is 17.0. The van der Waals surface area contributed by atoms with Gasteiger partial charge in [0, 0.05) is 49.4 Å². The molecule has 3 aliphatic rings. The Bertz CT molecular complexity index is 2410. The van der Waals surface area contributed by atoms with Gasteiger partial charge in [-0.3, -0.25) is 43.7 Å². The van der Waals surface area contributed by atoms with E-state index in [9.17, 15) is 37.2 Å². The number of piperidine rings is 1. The number of aryl methyl sites for hydroxylation is 1. The number of carbonyl (C=O) groups is 6. The van der Waals surface area contributed by atoms with Crippen molar-refractivity contribution < 1.29 is 41.9 Å². The molecule has 6 amide bonds. The number of rotatable bonds is 14. The lowest BCUT2D eigenvalue weighted by Gasteiger charge is -2.27.